The Kier molecular flexibility index (Phi) is 6.20. The summed E-state index contributed by atoms with van der Waals surface area (Å²) in [5, 5.41) is 12.5. The van der Waals surface area contributed by atoms with Gasteiger partial charge in [-0.15, -0.1) is 11.3 Å². The second kappa shape index (κ2) is 7.70. The Balaban J connectivity index is 1.79. The molecule has 0 radical (unpaired) electrons. The van der Waals surface area contributed by atoms with E-state index in [9.17, 15) is 5.11 Å². The van der Waals surface area contributed by atoms with Gasteiger partial charge in [-0.25, -0.2) is 0 Å². The summed E-state index contributed by atoms with van der Waals surface area (Å²) >= 11 is 1.77. The molecule has 4 atom stereocenters. The Morgan fingerprint density at radius 2 is 2.10 bits per heavy atom. The van der Waals surface area contributed by atoms with Crippen LogP contribution in [0.15, 0.2) is 17.5 Å². The first-order valence-corrected chi connectivity index (χ1v) is 8.63. The Labute approximate surface area is 132 Å². The van der Waals surface area contributed by atoms with Crippen molar-refractivity contribution in [1.29, 1.82) is 0 Å². The third-order valence-electron chi connectivity index (χ3n) is 4.08. The van der Waals surface area contributed by atoms with Crippen molar-refractivity contribution in [3.05, 3.63) is 22.4 Å². The molecule has 0 aromatic carbocycles. The first-order valence-electron chi connectivity index (χ1n) is 7.75. The molecule has 2 heterocycles. The van der Waals surface area contributed by atoms with Crippen molar-refractivity contribution in [1.82, 2.24) is 9.80 Å². The van der Waals surface area contributed by atoms with Gasteiger partial charge in [0.2, 0.25) is 0 Å². The van der Waals surface area contributed by atoms with E-state index in [-0.39, 0.29) is 18.3 Å². The lowest BCUT2D eigenvalue weighted by Gasteiger charge is -2.37. The summed E-state index contributed by atoms with van der Waals surface area (Å²) < 4.78 is 5.73. The first-order chi connectivity index (χ1) is 9.95. The molecule has 1 aliphatic heterocycles. The summed E-state index contributed by atoms with van der Waals surface area (Å²) in [5.41, 5.74) is 0. The van der Waals surface area contributed by atoms with Crippen molar-refractivity contribution in [2.45, 2.75) is 45.1 Å². The molecule has 21 heavy (non-hydrogen) atoms. The Hall–Kier alpha value is -0.460. The molecule has 120 valence electrons. The quantitative estimate of drug-likeness (QED) is 0.874. The van der Waals surface area contributed by atoms with E-state index < -0.39 is 0 Å². The van der Waals surface area contributed by atoms with E-state index in [4.69, 9.17) is 4.74 Å². The van der Waals surface area contributed by atoms with Crippen LogP contribution < -0.4 is 0 Å². The predicted molar refractivity (Wildman–Crippen MR) is 87.8 cm³/mol. The predicted octanol–water partition coefficient (Wildman–Crippen LogP) is 2.21. The molecule has 0 saturated carbocycles. The fraction of sp³-hybridized carbons (Fsp3) is 0.750. The second-order valence-corrected chi connectivity index (χ2v) is 7.24. The van der Waals surface area contributed by atoms with Gasteiger partial charge in [0, 0.05) is 37.1 Å². The molecule has 1 saturated heterocycles. The SMILES string of the molecule is CC1CN(CC(O)CN(C)C(C)c2cccs2)CC(C)O1. The minimum Gasteiger partial charge on any atom is -0.390 e. The van der Waals surface area contributed by atoms with Gasteiger partial charge < -0.3 is 9.84 Å². The molecule has 4 nitrogen and oxygen atoms in total. The molecule has 0 amide bonds. The molecule has 0 bridgehead atoms. The van der Waals surface area contributed by atoms with E-state index >= 15 is 0 Å². The van der Waals surface area contributed by atoms with Crippen LogP contribution in [-0.4, -0.2) is 66.4 Å². The van der Waals surface area contributed by atoms with Crippen molar-refractivity contribution < 1.29 is 9.84 Å². The summed E-state index contributed by atoms with van der Waals surface area (Å²) in [4.78, 5) is 5.88. The normalized spacial score (nSPS) is 27.0. The number of rotatable bonds is 6. The van der Waals surface area contributed by atoms with Crippen molar-refractivity contribution in [3.8, 4) is 0 Å². The lowest BCUT2D eigenvalue weighted by molar-refractivity contribution is -0.0781. The van der Waals surface area contributed by atoms with Crippen molar-refractivity contribution >= 4 is 11.3 Å². The zero-order valence-electron chi connectivity index (χ0n) is 13.5. The number of β-amino-alcohol motifs (C(OH)–C–C–N with tert-alkyl or cyclic N) is 1. The molecule has 1 aromatic rings. The summed E-state index contributed by atoms with van der Waals surface area (Å²) in [6.07, 6.45) is 0.183. The van der Waals surface area contributed by atoms with Gasteiger partial charge in [-0.3, -0.25) is 9.80 Å². The molecule has 1 N–H and O–H groups in total. The number of aliphatic hydroxyl groups is 1. The molecule has 1 aliphatic rings. The van der Waals surface area contributed by atoms with E-state index in [1.54, 1.807) is 11.3 Å². The maximum Gasteiger partial charge on any atom is 0.0793 e. The number of aliphatic hydroxyl groups excluding tert-OH is 1. The molecule has 1 aromatic heterocycles. The van der Waals surface area contributed by atoms with Crippen LogP contribution in [0.4, 0.5) is 0 Å². The molecular formula is C16H28N2O2S. The van der Waals surface area contributed by atoms with E-state index in [0.717, 1.165) is 19.6 Å². The molecule has 1 fully saturated rings. The highest BCUT2D eigenvalue weighted by molar-refractivity contribution is 7.10. The molecule has 2 rings (SSSR count). The highest BCUT2D eigenvalue weighted by atomic mass is 32.1. The number of ether oxygens (including phenoxy) is 1. The van der Waals surface area contributed by atoms with Crippen LogP contribution in [0.2, 0.25) is 0 Å². The third kappa shape index (κ3) is 5.04. The Bertz CT molecular complexity index is 402. The van der Waals surface area contributed by atoms with Gasteiger partial charge in [-0.2, -0.15) is 0 Å². The van der Waals surface area contributed by atoms with E-state index in [1.165, 1.54) is 4.88 Å². The number of likely N-dealkylation sites (N-methyl/N-ethyl adjacent to an activating group) is 1. The summed E-state index contributed by atoms with van der Waals surface area (Å²) in [5.74, 6) is 0. The summed E-state index contributed by atoms with van der Waals surface area (Å²) in [6, 6.07) is 4.59. The number of thiophene rings is 1. The molecule has 0 spiro atoms. The smallest absolute Gasteiger partial charge is 0.0793 e. The molecule has 4 unspecified atom stereocenters. The maximum atomic E-state index is 10.4. The van der Waals surface area contributed by atoms with E-state index in [2.05, 4.69) is 55.1 Å². The Morgan fingerprint density at radius 1 is 1.43 bits per heavy atom. The highest BCUT2D eigenvalue weighted by Gasteiger charge is 2.25. The average molecular weight is 312 g/mol. The summed E-state index contributed by atoms with van der Waals surface area (Å²) in [7, 11) is 2.08. The number of hydrogen-bond donors (Lipinski definition) is 1. The Morgan fingerprint density at radius 3 is 2.67 bits per heavy atom. The fourth-order valence-corrected chi connectivity index (χ4v) is 3.87. The minimum atomic E-state index is -0.324. The van der Waals surface area contributed by atoms with Gasteiger partial charge in [0.05, 0.1) is 18.3 Å². The van der Waals surface area contributed by atoms with Crippen LogP contribution in [-0.2, 0) is 4.74 Å². The van der Waals surface area contributed by atoms with Gasteiger partial charge in [0.1, 0.15) is 0 Å². The van der Waals surface area contributed by atoms with Gasteiger partial charge in [-0.05, 0) is 39.3 Å². The van der Waals surface area contributed by atoms with Gasteiger partial charge in [-0.1, -0.05) is 6.07 Å². The number of nitrogens with zero attached hydrogens (tertiary/aromatic N) is 2. The highest BCUT2D eigenvalue weighted by Crippen LogP contribution is 2.23. The monoisotopic (exact) mass is 312 g/mol. The van der Waals surface area contributed by atoms with Crippen molar-refractivity contribution in [3.63, 3.8) is 0 Å². The van der Waals surface area contributed by atoms with Gasteiger partial charge in [0.15, 0.2) is 0 Å². The van der Waals surface area contributed by atoms with Gasteiger partial charge in [0.25, 0.3) is 0 Å². The number of morpholine rings is 1. The fourth-order valence-electron chi connectivity index (χ4n) is 3.03. The van der Waals surface area contributed by atoms with Crippen LogP contribution >= 0.6 is 11.3 Å². The van der Waals surface area contributed by atoms with Crippen LogP contribution in [0.5, 0.6) is 0 Å². The van der Waals surface area contributed by atoms with Crippen LogP contribution in [0, 0.1) is 0 Å². The van der Waals surface area contributed by atoms with Crippen LogP contribution in [0.3, 0.4) is 0 Å². The first kappa shape index (κ1) is 16.9. The average Bonchev–Trinajstić information content (AvgIpc) is 2.89. The standard InChI is InChI=1S/C16H28N2O2S/c1-12-8-18(9-13(2)20-12)11-15(19)10-17(4)14(3)16-6-5-7-21-16/h5-7,12-15,19H,8-11H2,1-4H3. The molecule has 5 heteroatoms. The maximum absolute atomic E-state index is 10.4. The third-order valence-corrected chi connectivity index (χ3v) is 5.12. The molecule has 0 aliphatic carbocycles. The van der Waals surface area contributed by atoms with E-state index in [0.29, 0.717) is 12.6 Å². The van der Waals surface area contributed by atoms with E-state index in [1.807, 2.05) is 0 Å². The van der Waals surface area contributed by atoms with Gasteiger partial charge >= 0.3 is 0 Å². The zero-order valence-corrected chi connectivity index (χ0v) is 14.3. The zero-order chi connectivity index (χ0) is 15.4. The molecular weight excluding hydrogens is 284 g/mol. The largest absolute Gasteiger partial charge is 0.390 e. The lowest BCUT2D eigenvalue weighted by Crippen LogP contribution is -2.49. The lowest BCUT2D eigenvalue weighted by atomic mass is 10.2. The minimum absolute atomic E-state index is 0.253. The van der Waals surface area contributed by atoms with Crippen molar-refractivity contribution in [2.75, 3.05) is 33.2 Å². The number of hydrogen-bond acceptors (Lipinski definition) is 5. The topological polar surface area (TPSA) is 35.9 Å². The van der Waals surface area contributed by atoms with Crippen LogP contribution in [0.1, 0.15) is 31.7 Å². The van der Waals surface area contributed by atoms with Crippen molar-refractivity contribution in [2.24, 2.45) is 0 Å². The second-order valence-electron chi connectivity index (χ2n) is 6.26. The van der Waals surface area contributed by atoms with Crippen LogP contribution in [0.25, 0.3) is 0 Å². The summed E-state index contributed by atoms with van der Waals surface area (Å²) in [6.45, 7) is 9.62.